The van der Waals surface area contributed by atoms with E-state index in [1.807, 2.05) is 0 Å². The lowest BCUT2D eigenvalue weighted by Gasteiger charge is -2.04. The minimum absolute atomic E-state index is 0.116. The maximum absolute atomic E-state index is 12.4. The van der Waals surface area contributed by atoms with E-state index < -0.39 is 21.1 Å². The predicted octanol–water partition coefficient (Wildman–Crippen LogP) is 1.08. The molecular formula is C12H11N5O4S2. The van der Waals surface area contributed by atoms with Gasteiger partial charge in [0.05, 0.1) is 12.8 Å². The molecule has 0 atom stereocenters. The van der Waals surface area contributed by atoms with E-state index in [1.165, 1.54) is 17.7 Å². The molecule has 9 nitrogen and oxygen atoms in total. The standard InChI is InChI=1S/C12H11N5O4S2/c1-7-3-5-17-11(13-7)14-12(15-17)23(19,20)16-8-4-6-22-9(8)10(18)21-2/h3-6,16H,1-2H3. The molecule has 0 spiro atoms. The van der Waals surface area contributed by atoms with Crippen molar-refractivity contribution in [3.8, 4) is 0 Å². The molecule has 0 saturated heterocycles. The lowest BCUT2D eigenvalue weighted by molar-refractivity contribution is 0.0607. The number of ether oxygens (including phenoxy) is 1. The summed E-state index contributed by atoms with van der Waals surface area (Å²) in [7, 11) is -2.84. The van der Waals surface area contributed by atoms with E-state index in [4.69, 9.17) is 0 Å². The van der Waals surface area contributed by atoms with Gasteiger partial charge < -0.3 is 4.74 Å². The van der Waals surface area contributed by atoms with Crippen LogP contribution < -0.4 is 4.72 Å². The van der Waals surface area contributed by atoms with Crippen LogP contribution in [0.25, 0.3) is 5.78 Å². The maximum Gasteiger partial charge on any atom is 0.350 e. The van der Waals surface area contributed by atoms with E-state index in [1.54, 1.807) is 24.6 Å². The van der Waals surface area contributed by atoms with Crippen LogP contribution in [-0.4, -0.2) is 41.1 Å². The first kappa shape index (κ1) is 15.4. The summed E-state index contributed by atoms with van der Waals surface area (Å²) < 4.78 is 32.9. The highest BCUT2D eigenvalue weighted by Crippen LogP contribution is 2.25. The predicted molar refractivity (Wildman–Crippen MR) is 82.0 cm³/mol. The molecule has 3 aromatic heterocycles. The molecule has 0 fully saturated rings. The van der Waals surface area contributed by atoms with Gasteiger partial charge in [0.1, 0.15) is 4.88 Å². The van der Waals surface area contributed by atoms with Crippen molar-refractivity contribution in [3.05, 3.63) is 34.3 Å². The van der Waals surface area contributed by atoms with Crippen LogP contribution in [0.2, 0.25) is 0 Å². The molecule has 0 aromatic carbocycles. The van der Waals surface area contributed by atoms with Gasteiger partial charge in [0.15, 0.2) is 0 Å². The number of rotatable bonds is 4. The number of thiophene rings is 1. The Labute approximate surface area is 135 Å². The second kappa shape index (κ2) is 5.59. The Kier molecular flexibility index (Phi) is 3.74. The first-order valence-electron chi connectivity index (χ1n) is 6.29. The normalized spacial score (nSPS) is 11.6. The second-order valence-corrected chi connectivity index (χ2v) is 6.96. The topological polar surface area (TPSA) is 116 Å². The average molecular weight is 353 g/mol. The summed E-state index contributed by atoms with van der Waals surface area (Å²) in [6, 6.07) is 3.15. The maximum atomic E-state index is 12.4. The van der Waals surface area contributed by atoms with Gasteiger partial charge in [-0.15, -0.1) is 16.4 Å². The molecule has 3 aromatic rings. The Balaban J connectivity index is 1.98. The van der Waals surface area contributed by atoms with Crippen LogP contribution in [0.5, 0.6) is 0 Å². The van der Waals surface area contributed by atoms with Crippen LogP contribution in [0.3, 0.4) is 0 Å². The molecule has 0 radical (unpaired) electrons. The fourth-order valence-corrected chi connectivity index (χ4v) is 3.57. The van der Waals surface area contributed by atoms with Crippen LogP contribution in [-0.2, 0) is 14.8 Å². The highest BCUT2D eigenvalue weighted by molar-refractivity contribution is 7.92. The van der Waals surface area contributed by atoms with Crippen molar-refractivity contribution in [1.29, 1.82) is 0 Å². The minimum atomic E-state index is -4.06. The quantitative estimate of drug-likeness (QED) is 0.698. The van der Waals surface area contributed by atoms with Crippen molar-refractivity contribution in [2.45, 2.75) is 12.1 Å². The molecule has 0 saturated carbocycles. The van der Waals surface area contributed by atoms with Gasteiger partial charge in [-0.05, 0) is 24.4 Å². The number of anilines is 1. The highest BCUT2D eigenvalue weighted by Gasteiger charge is 2.24. The summed E-state index contributed by atoms with van der Waals surface area (Å²) in [6.45, 7) is 1.76. The number of esters is 1. The molecule has 0 unspecified atom stereocenters. The largest absolute Gasteiger partial charge is 0.465 e. The number of sulfonamides is 1. The number of nitrogens with one attached hydrogen (secondary N) is 1. The van der Waals surface area contributed by atoms with Crippen molar-refractivity contribution < 1.29 is 17.9 Å². The Morgan fingerprint density at radius 3 is 2.87 bits per heavy atom. The Bertz CT molecular complexity index is 992. The zero-order valence-corrected chi connectivity index (χ0v) is 13.7. The monoisotopic (exact) mass is 353 g/mol. The van der Waals surface area contributed by atoms with Gasteiger partial charge in [0.25, 0.3) is 21.0 Å². The van der Waals surface area contributed by atoms with Gasteiger partial charge in [-0.3, -0.25) is 4.72 Å². The summed E-state index contributed by atoms with van der Waals surface area (Å²) in [5, 5.41) is 5.02. The third-order valence-electron chi connectivity index (χ3n) is 2.85. The van der Waals surface area contributed by atoms with Crippen molar-refractivity contribution in [3.63, 3.8) is 0 Å². The molecule has 1 N–H and O–H groups in total. The molecule has 3 heterocycles. The van der Waals surface area contributed by atoms with E-state index in [-0.39, 0.29) is 16.3 Å². The molecule has 0 amide bonds. The van der Waals surface area contributed by atoms with Crippen molar-refractivity contribution in [2.24, 2.45) is 0 Å². The summed E-state index contributed by atoms with van der Waals surface area (Å²) in [5.74, 6) is -0.457. The van der Waals surface area contributed by atoms with Crippen molar-refractivity contribution in [1.82, 2.24) is 19.6 Å². The van der Waals surface area contributed by atoms with E-state index in [9.17, 15) is 13.2 Å². The van der Waals surface area contributed by atoms with Crippen LogP contribution in [0, 0.1) is 6.92 Å². The molecule has 3 rings (SSSR count). The third kappa shape index (κ3) is 2.87. The number of aryl methyl sites for hydroxylation is 1. The van der Waals surface area contributed by atoms with E-state index in [2.05, 4.69) is 24.5 Å². The van der Waals surface area contributed by atoms with Gasteiger partial charge >= 0.3 is 5.97 Å². The van der Waals surface area contributed by atoms with E-state index in [0.29, 0.717) is 5.69 Å². The molecule has 0 bridgehead atoms. The molecular weight excluding hydrogens is 342 g/mol. The molecule has 11 heteroatoms. The third-order valence-corrected chi connectivity index (χ3v) is 4.88. The minimum Gasteiger partial charge on any atom is -0.465 e. The summed E-state index contributed by atoms with van der Waals surface area (Å²) in [5.41, 5.74) is 0.803. The molecule has 23 heavy (non-hydrogen) atoms. The summed E-state index contributed by atoms with van der Waals surface area (Å²) in [4.78, 5) is 19.7. The van der Waals surface area contributed by atoms with Crippen LogP contribution >= 0.6 is 11.3 Å². The Morgan fingerprint density at radius 2 is 2.13 bits per heavy atom. The van der Waals surface area contributed by atoms with Gasteiger partial charge in [-0.1, -0.05) is 0 Å². The first-order valence-corrected chi connectivity index (χ1v) is 8.65. The Morgan fingerprint density at radius 1 is 1.35 bits per heavy atom. The second-order valence-electron chi connectivity index (χ2n) is 4.47. The average Bonchev–Trinajstić information content (AvgIpc) is 3.12. The molecule has 0 aliphatic rings. The van der Waals surface area contributed by atoms with Gasteiger partial charge in [-0.25, -0.2) is 14.3 Å². The number of aromatic nitrogens is 4. The fourth-order valence-electron chi connectivity index (χ4n) is 1.79. The molecule has 120 valence electrons. The number of carbonyl (C=O) groups excluding carboxylic acids is 1. The van der Waals surface area contributed by atoms with Crippen LogP contribution in [0.4, 0.5) is 5.69 Å². The lowest BCUT2D eigenvalue weighted by atomic mass is 10.4. The van der Waals surface area contributed by atoms with Crippen LogP contribution in [0.1, 0.15) is 15.4 Å². The Hall–Kier alpha value is -2.53. The zero-order valence-electron chi connectivity index (χ0n) is 12.0. The lowest BCUT2D eigenvalue weighted by Crippen LogP contribution is -2.16. The number of methoxy groups -OCH3 is 1. The SMILES string of the molecule is COC(=O)c1sccc1NS(=O)(=O)c1nc2nc(C)ccn2n1. The number of fused-ring (bicyclic) bond motifs is 1. The number of carbonyl (C=O) groups is 1. The van der Waals surface area contributed by atoms with Gasteiger partial charge in [0.2, 0.25) is 0 Å². The number of nitrogens with zero attached hydrogens (tertiary/aromatic N) is 4. The fraction of sp³-hybridized carbons (Fsp3) is 0.167. The molecule has 0 aliphatic heterocycles. The zero-order chi connectivity index (χ0) is 16.6. The number of hydrogen-bond donors (Lipinski definition) is 1. The summed E-state index contributed by atoms with van der Waals surface area (Å²) >= 11 is 1.07. The van der Waals surface area contributed by atoms with Gasteiger partial charge in [0, 0.05) is 11.9 Å². The van der Waals surface area contributed by atoms with Crippen molar-refractivity contribution in [2.75, 3.05) is 11.8 Å². The van der Waals surface area contributed by atoms with Crippen molar-refractivity contribution >= 4 is 38.8 Å². The van der Waals surface area contributed by atoms with Gasteiger partial charge in [-0.2, -0.15) is 13.4 Å². The molecule has 0 aliphatic carbocycles. The summed E-state index contributed by atoms with van der Waals surface area (Å²) in [6.07, 6.45) is 1.56. The van der Waals surface area contributed by atoms with E-state index in [0.717, 1.165) is 11.3 Å². The first-order chi connectivity index (χ1) is 10.9. The van der Waals surface area contributed by atoms with E-state index >= 15 is 0 Å². The highest BCUT2D eigenvalue weighted by atomic mass is 32.2. The number of hydrogen-bond acceptors (Lipinski definition) is 8. The van der Waals surface area contributed by atoms with Crippen LogP contribution in [0.15, 0.2) is 28.9 Å². The smallest absolute Gasteiger partial charge is 0.350 e.